The Bertz CT molecular complexity index is 572. The predicted octanol–water partition coefficient (Wildman–Crippen LogP) is 5.78. The van der Waals surface area contributed by atoms with E-state index >= 15 is 0 Å². The first-order valence-electron chi connectivity index (χ1n) is 6.75. The van der Waals surface area contributed by atoms with Crippen molar-refractivity contribution in [1.82, 2.24) is 5.32 Å². The van der Waals surface area contributed by atoms with Gasteiger partial charge in [-0.05, 0) is 75.9 Å². The second kappa shape index (κ2) is 7.21. The zero-order valence-electron chi connectivity index (χ0n) is 12.0. The van der Waals surface area contributed by atoms with Crippen molar-refractivity contribution in [2.75, 3.05) is 6.54 Å². The summed E-state index contributed by atoms with van der Waals surface area (Å²) in [4.78, 5) is 0. The standard InChI is InChI=1S/C16H19Br2NS/c1-4-19-14(13-9-15(17)20-16(13)18)8-12-6-10(2)5-11(3)7-12/h5-7,9,14,19H,4,8H2,1-3H3. The van der Waals surface area contributed by atoms with Crippen molar-refractivity contribution in [3.63, 3.8) is 0 Å². The molecule has 4 heteroatoms. The fourth-order valence-corrected chi connectivity index (χ4v) is 5.53. The van der Waals surface area contributed by atoms with E-state index in [-0.39, 0.29) is 0 Å². The van der Waals surface area contributed by atoms with E-state index in [2.05, 4.69) is 82.2 Å². The fourth-order valence-electron chi connectivity index (χ4n) is 2.55. The van der Waals surface area contributed by atoms with Crippen LogP contribution in [0.3, 0.4) is 0 Å². The highest BCUT2D eigenvalue weighted by atomic mass is 79.9. The number of rotatable bonds is 5. The summed E-state index contributed by atoms with van der Waals surface area (Å²) < 4.78 is 2.38. The lowest BCUT2D eigenvalue weighted by molar-refractivity contribution is 0.549. The number of hydrogen-bond donors (Lipinski definition) is 1. The molecule has 20 heavy (non-hydrogen) atoms. The molecule has 0 fully saturated rings. The van der Waals surface area contributed by atoms with Crippen LogP contribution in [0, 0.1) is 13.8 Å². The van der Waals surface area contributed by atoms with Gasteiger partial charge in [0.2, 0.25) is 0 Å². The molecule has 0 bridgehead atoms. The van der Waals surface area contributed by atoms with E-state index < -0.39 is 0 Å². The first kappa shape index (κ1) is 16.2. The van der Waals surface area contributed by atoms with Gasteiger partial charge in [-0.15, -0.1) is 11.3 Å². The van der Waals surface area contributed by atoms with E-state index in [1.54, 1.807) is 11.3 Å². The Morgan fingerprint density at radius 1 is 1.10 bits per heavy atom. The third kappa shape index (κ3) is 4.17. The summed E-state index contributed by atoms with van der Waals surface area (Å²) in [5, 5.41) is 3.60. The van der Waals surface area contributed by atoms with Gasteiger partial charge in [0.15, 0.2) is 0 Å². The van der Waals surface area contributed by atoms with Crippen molar-refractivity contribution in [2.24, 2.45) is 0 Å². The normalized spacial score (nSPS) is 12.7. The number of likely N-dealkylation sites (N-methyl/N-ethyl adjacent to an activating group) is 1. The lowest BCUT2D eigenvalue weighted by Gasteiger charge is -2.18. The Labute approximate surface area is 142 Å². The molecule has 0 saturated heterocycles. The topological polar surface area (TPSA) is 12.0 Å². The highest BCUT2D eigenvalue weighted by Crippen LogP contribution is 2.36. The summed E-state index contributed by atoms with van der Waals surface area (Å²) in [6.07, 6.45) is 1.01. The molecule has 0 radical (unpaired) electrons. The summed E-state index contributed by atoms with van der Waals surface area (Å²) in [5.41, 5.74) is 5.40. The maximum Gasteiger partial charge on any atom is 0.0758 e. The predicted molar refractivity (Wildman–Crippen MR) is 95.8 cm³/mol. The molecule has 0 aliphatic carbocycles. The number of nitrogens with one attached hydrogen (secondary N) is 1. The van der Waals surface area contributed by atoms with Gasteiger partial charge in [-0.25, -0.2) is 0 Å². The van der Waals surface area contributed by atoms with Crippen molar-refractivity contribution >= 4 is 43.2 Å². The molecule has 1 heterocycles. The van der Waals surface area contributed by atoms with Gasteiger partial charge < -0.3 is 5.32 Å². The number of halogens is 2. The molecule has 0 spiro atoms. The van der Waals surface area contributed by atoms with Crippen LogP contribution in [-0.4, -0.2) is 6.54 Å². The molecular formula is C16H19Br2NS. The van der Waals surface area contributed by atoms with Crippen LogP contribution in [0.25, 0.3) is 0 Å². The van der Waals surface area contributed by atoms with Crippen molar-refractivity contribution in [1.29, 1.82) is 0 Å². The van der Waals surface area contributed by atoms with E-state index in [1.165, 1.54) is 29.8 Å². The summed E-state index contributed by atoms with van der Waals surface area (Å²) in [6, 6.07) is 9.35. The Morgan fingerprint density at radius 3 is 2.25 bits per heavy atom. The molecule has 1 atom stereocenters. The van der Waals surface area contributed by atoms with Crippen LogP contribution in [0.2, 0.25) is 0 Å². The van der Waals surface area contributed by atoms with Crippen LogP contribution < -0.4 is 5.32 Å². The second-order valence-corrected chi connectivity index (χ2v) is 8.84. The Morgan fingerprint density at radius 2 is 1.75 bits per heavy atom. The van der Waals surface area contributed by atoms with Gasteiger partial charge in [0.25, 0.3) is 0 Å². The van der Waals surface area contributed by atoms with E-state index in [9.17, 15) is 0 Å². The van der Waals surface area contributed by atoms with Gasteiger partial charge in [-0.3, -0.25) is 0 Å². The van der Waals surface area contributed by atoms with Gasteiger partial charge in [0.05, 0.1) is 7.57 Å². The van der Waals surface area contributed by atoms with E-state index in [0.29, 0.717) is 6.04 Å². The molecule has 0 amide bonds. The van der Waals surface area contributed by atoms with Crippen LogP contribution in [0.5, 0.6) is 0 Å². The highest BCUT2D eigenvalue weighted by molar-refractivity contribution is 9.12. The van der Waals surface area contributed by atoms with Crippen molar-refractivity contribution in [3.8, 4) is 0 Å². The molecule has 1 nitrogen and oxygen atoms in total. The Kier molecular flexibility index (Phi) is 5.84. The molecule has 0 saturated carbocycles. The van der Waals surface area contributed by atoms with Crippen LogP contribution >= 0.6 is 43.2 Å². The monoisotopic (exact) mass is 415 g/mol. The molecular weight excluding hydrogens is 398 g/mol. The van der Waals surface area contributed by atoms with Crippen molar-refractivity contribution < 1.29 is 0 Å². The van der Waals surface area contributed by atoms with Crippen molar-refractivity contribution in [2.45, 2.75) is 33.2 Å². The Hall–Kier alpha value is -0.160. The minimum Gasteiger partial charge on any atom is -0.310 e. The van der Waals surface area contributed by atoms with E-state index in [0.717, 1.165) is 13.0 Å². The van der Waals surface area contributed by atoms with Crippen molar-refractivity contribution in [3.05, 3.63) is 54.1 Å². The molecule has 1 aromatic heterocycles. The highest BCUT2D eigenvalue weighted by Gasteiger charge is 2.17. The van der Waals surface area contributed by atoms with Crippen LogP contribution in [-0.2, 0) is 6.42 Å². The molecule has 1 aromatic carbocycles. The van der Waals surface area contributed by atoms with Gasteiger partial charge in [0.1, 0.15) is 0 Å². The van der Waals surface area contributed by atoms with Crippen LogP contribution in [0.4, 0.5) is 0 Å². The number of hydrogen-bond acceptors (Lipinski definition) is 2. The number of thiophene rings is 1. The fraction of sp³-hybridized carbons (Fsp3) is 0.375. The molecule has 0 aliphatic rings. The van der Waals surface area contributed by atoms with Gasteiger partial charge >= 0.3 is 0 Å². The summed E-state index contributed by atoms with van der Waals surface area (Å²) in [7, 11) is 0. The molecule has 1 N–H and O–H groups in total. The maximum absolute atomic E-state index is 3.68. The summed E-state index contributed by atoms with van der Waals surface area (Å²) in [6.45, 7) is 7.45. The first-order chi connectivity index (χ1) is 9.49. The second-order valence-electron chi connectivity index (χ2n) is 5.09. The Balaban J connectivity index is 2.27. The average molecular weight is 417 g/mol. The average Bonchev–Trinajstić information content (AvgIpc) is 2.66. The SMILES string of the molecule is CCNC(Cc1cc(C)cc(C)c1)c1cc(Br)sc1Br. The lowest BCUT2D eigenvalue weighted by atomic mass is 9.98. The van der Waals surface area contributed by atoms with E-state index in [1.807, 2.05) is 0 Å². The molecule has 0 aliphatic heterocycles. The van der Waals surface area contributed by atoms with Crippen LogP contribution in [0.15, 0.2) is 31.8 Å². The van der Waals surface area contributed by atoms with Gasteiger partial charge in [-0.2, -0.15) is 0 Å². The zero-order chi connectivity index (χ0) is 14.7. The minimum atomic E-state index is 0.345. The van der Waals surface area contributed by atoms with Gasteiger partial charge in [0, 0.05) is 6.04 Å². The molecule has 1 unspecified atom stereocenters. The smallest absolute Gasteiger partial charge is 0.0758 e. The van der Waals surface area contributed by atoms with Gasteiger partial charge in [-0.1, -0.05) is 36.2 Å². The summed E-state index contributed by atoms with van der Waals surface area (Å²) in [5.74, 6) is 0. The first-order valence-corrected chi connectivity index (χ1v) is 9.15. The minimum absolute atomic E-state index is 0.345. The van der Waals surface area contributed by atoms with E-state index in [4.69, 9.17) is 0 Å². The lowest BCUT2D eigenvalue weighted by Crippen LogP contribution is -2.22. The third-order valence-corrected chi connectivity index (χ3v) is 5.62. The quantitative estimate of drug-likeness (QED) is 0.650. The third-order valence-electron chi connectivity index (χ3n) is 3.23. The summed E-state index contributed by atoms with van der Waals surface area (Å²) >= 11 is 8.98. The van der Waals surface area contributed by atoms with Crippen LogP contribution in [0.1, 0.15) is 35.2 Å². The molecule has 108 valence electrons. The molecule has 2 aromatic rings. The maximum atomic E-state index is 3.68. The molecule has 2 rings (SSSR count). The number of benzene rings is 1. The largest absolute Gasteiger partial charge is 0.310 e. The number of aryl methyl sites for hydroxylation is 2. The zero-order valence-corrected chi connectivity index (χ0v) is 16.0.